The Bertz CT molecular complexity index is 545. The van der Waals surface area contributed by atoms with E-state index in [0.717, 1.165) is 31.5 Å². The molecule has 7 nitrogen and oxygen atoms in total. The summed E-state index contributed by atoms with van der Waals surface area (Å²) in [5.41, 5.74) is 11.9. The average molecular weight is 348 g/mol. The van der Waals surface area contributed by atoms with Gasteiger partial charge in [0.1, 0.15) is 6.61 Å². The number of nitrogens with zero attached hydrogens (tertiary/aromatic N) is 1. The van der Waals surface area contributed by atoms with Crippen LogP contribution < -0.4 is 16.8 Å². The Kier molecular flexibility index (Phi) is 7.69. The minimum Gasteiger partial charge on any atom is -0.445 e. The van der Waals surface area contributed by atoms with E-state index in [0.29, 0.717) is 19.0 Å². The van der Waals surface area contributed by atoms with Crippen LogP contribution in [0.15, 0.2) is 30.3 Å². The van der Waals surface area contributed by atoms with Crippen molar-refractivity contribution in [2.45, 2.75) is 31.9 Å². The van der Waals surface area contributed by atoms with Gasteiger partial charge in [-0.15, -0.1) is 0 Å². The fourth-order valence-corrected chi connectivity index (χ4v) is 3.05. The van der Waals surface area contributed by atoms with Crippen molar-refractivity contribution in [2.75, 3.05) is 26.2 Å². The van der Waals surface area contributed by atoms with Crippen LogP contribution >= 0.6 is 0 Å². The first-order chi connectivity index (χ1) is 12.1. The third-order valence-electron chi connectivity index (χ3n) is 4.50. The second-order valence-electron chi connectivity index (χ2n) is 6.55. The van der Waals surface area contributed by atoms with E-state index in [2.05, 4.69) is 10.2 Å². The Balaban J connectivity index is 1.80. The van der Waals surface area contributed by atoms with Gasteiger partial charge in [0.2, 0.25) is 5.91 Å². The topological polar surface area (TPSA) is 111 Å². The molecule has 25 heavy (non-hydrogen) atoms. The van der Waals surface area contributed by atoms with E-state index in [1.165, 1.54) is 0 Å². The number of carbonyl (C=O) groups excluding carboxylic acids is 2. The van der Waals surface area contributed by atoms with Crippen LogP contribution in [0.25, 0.3) is 0 Å². The average Bonchev–Trinajstić information content (AvgIpc) is 2.61. The number of nitrogens with two attached hydrogens (primary N) is 2. The number of rotatable bonds is 8. The van der Waals surface area contributed by atoms with Gasteiger partial charge in [-0.1, -0.05) is 30.3 Å². The van der Waals surface area contributed by atoms with Gasteiger partial charge < -0.3 is 26.4 Å². The largest absolute Gasteiger partial charge is 0.445 e. The van der Waals surface area contributed by atoms with Crippen molar-refractivity contribution < 1.29 is 14.3 Å². The van der Waals surface area contributed by atoms with Crippen LogP contribution in [0.1, 0.15) is 24.8 Å². The molecule has 0 unspecified atom stereocenters. The molecule has 1 saturated heterocycles. The summed E-state index contributed by atoms with van der Waals surface area (Å²) in [6, 6.07) is 9.09. The minimum atomic E-state index is -0.535. The lowest BCUT2D eigenvalue weighted by Crippen LogP contribution is -2.48. The standard InChI is InChI=1S/C18H28N4O3/c19-11-14-6-8-22(9-7-14)12-16(10-17(20)23)21-18(24)25-13-15-4-2-1-3-5-15/h1-5,14,16H,6-13,19H2,(H2,20,23)(H,21,24)/t16-/m0/s1. The van der Waals surface area contributed by atoms with Crippen molar-refractivity contribution in [3.05, 3.63) is 35.9 Å². The van der Waals surface area contributed by atoms with E-state index in [9.17, 15) is 9.59 Å². The Hall–Kier alpha value is -2.12. The second-order valence-corrected chi connectivity index (χ2v) is 6.55. The number of amides is 2. The van der Waals surface area contributed by atoms with Crippen molar-refractivity contribution in [3.63, 3.8) is 0 Å². The second kappa shape index (κ2) is 10.0. The van der Waals surface area contributed by atoms with Crippen LogP contribution in [0.2, 0.25) is 0 Å². The lowest BCUT2D eigenvalue weighted by atomic mass is 9.96. The molecule has 0 saturated carbocycles. The predicted molar refractivity (Wildman–Crippen MR) is 95.6 cm³/mol. The summed E-state index contributed by atoms with van der Waals surface area (Å²) in [7, 11) is 0. The van der Waals surface area contributed by atoms with Gasteiger partial charge in [0.05, 0.1) is 6.04 Å². The van der Waals surface area contributed by atoms with Gasteiger partial charge in [-0.05, 0) is 44.0 Å². The zero-order valence-corrected chi connectivity index (χ0v) is 14.5. The molecule has 0 aliphatic carbocycles. The van der Waals surface area contributed by atoms with Crippen molar-refractivity contribution in [2.24, 2.45) is 17.4 Å². The number of nitrogens with one attached hydrogen (secondary N) is 1. The summed E-state index contributed by atoms with van der Waals surface area (Å²) in [5.74, 6) is 0.125. The molecule has 1 aliphatic rings. The molecule has 2 amide bonds. The first-order valence-corrected chi connectivity index (χ1v) is 8.74. The summed E-state index contributed by atoms with van der Waals surface area (Å²) < 4.78 is 5.23. The fourth-order valence-electron chi connectivity index (χ4n) is 3.05. The highest BCUT2D eigenvalue weighted by Gasteiger charge is 2.23. The molecule has 138 valence electrons. The molecule has 5 N–H and O–H groups in total. The normalized spacial score (nSPS) is 17.0. The van der Waals surface area contributed by atoms with Crippen LogP contribution in [0.5, 0.6) is 0 Å². The molecule has 1 heterocycles. The van der Waals surface area contributed by atoms with E-state index < -0.39 is 12.0 Å². The fraction of sp³-hybridized carbons (Fsp3) is 0.556. The highest BCUT2D eigenvalue weighted by Crippen LogP contribution is 2.16. The molecule has 1 aromatic carbocycles. The third kappa shape index (κ3) is 7.11. The smallest absolute Gasteiger partial charge is 0.407 e. The summed E-state index contributed by atoms with van der Waals surface area (Å²) in [5, 5.41) is 2.76. The van der Waals surface area contributed by atoms with Crippen molar-refractivity contribution >= 4 is 12.0 Å². The zero-order valence-electron chi connectivity index (χ0n) is 14.5. The van der Waals surface area contributed by atoms with Gasteiger partial charge in [-0.3, -0.25) is 4.79 Å². The highest BCUT2D eigenvalue weighted by molar-refractivity contribution is 5.76. The van der Waals surface area contributed by atoms with Gasteiger partial charge >= 0.3 is 6.09 Å². The summed E-state index contributed by atoms with van der Waals surface area (Å²) in [6.07, 6.45) is 1.64. The molecular formula is C18H28N4O3. The van der Waals surface area contributed by atoms with Crippen LogP contribution in [0.3, 0.4) is 0 Å². The summed E-state index contributed by atoms with van der Waals surface area (Å²) >= 11 is 0. The number of hydrogen-bond donors (Lipinski definition) is 3. The zero-order chi connectivity index (χ0) is 18.1. The molecule has 1 fully saturated rings. The Morgan fingerprint density at radius 1 is 1.24 bits per heavy atom. The maximum Gasteiger partial charge on any atom is 0.407 e. The molecule has 0 bridgehead atoms. The maximum atomic E-state index is 12.0. The molecule has 2 rings (SSSR count). The lowest BCUT2D eigenvalue weighted by molar-refractivity contribution is -0.118. The number of ether oxygens (including phenoxy) is 1. The lowest BCUT2D eigenvalue weighted by Gasteiger charge is -2.33. The number of carbonyl (C=O) groups is 2. The number of alkyl carbamates (subject to hydrolysis) is 1. The number of primary amides is 1. The predicted octanol–water partition coefficient (Wildman–Crippen LogP) is 0.828. The van der Waals surface area contributed by atoms with Crippen molar-refractivity contribution in [1.82, 2.24) is 10.2 Å². The van der Waals surface area contributed by atoms with Gasteiger partial charge in [-0.25, -0.2) is 4.79 Å². The van der Waals surface area contributed by atoms with Crippen LogP contribution in [0, 0.1) is 5.92 Å². The summed E-state index contributed by atoms with van der Waals surface area (Å²) in [6.45, 7) is 3.32. The maximum absolute atomic E-state index is 12.0. The summed E-state index contributed by atoms with van der Waals surface area (Å²) in [4.78, 5) is 25.6. The molecule has 0 aromatic heterocycles. The first-order valence-electron chi connectivity index (χ1n) is 8.74. The Morgan fingerprint density at radius 2 is 1.92 bits per heavy atom. The van der Waals surface area contributed by atoms with Gasteiger partial charge in [0.15, 0.2) is 0 Å². The number of benzene rings is 1. The molecule has 0 spiro atoms. The monoisotopic (exact) mass is 348 g/mol. The van der Waals surface area contributed by atoms with Crippen LogP contribution in [-0.4, -0.2) is 49.1 Å². The Morgan fingerprint density at radius 3 is 2.52 bits per heavy atom. The molecule has 7 heteroatoms. The quantitative estimate of drug-likeness (QED) is 0.644. The Labute approximate surface area is 148 Å². The molecule has 1 aromatic rings. The molecule has 1 atom stereocenters. The third-order valence-corrected chi connectivity index (χ3v) is 4.50. The molecule has 1 aliphatic heterocycles. The number of hydrogen-bond acceptors (Lipinski definition) is 5. The van der Waals surface area contributed by atoms with E-state index in [-0.39, 0.29) is 19.1 Å². The molecule has 0 radical (unpaired) electrons. The minimum absolute atomic E-state index is 0.0945. The van der Waals surface area contributed by atoms with Crippen LogP contribution in [-0.2, 0) is 16.1 Å². The SMILES string of the molecule is NCC1CCN(C[C@H](CC(N)=O)NC(=O)OCc2ccccc2)CC1. The van der Waals surface area contributed by atoms with Crippen LogP contribution in [0.4, 0.5) is 4.79 Å². The van der Waals surface area contributed by atoms with E-state index in [4.69, 9.17) is 16.2 Å². The van der Waals surface area contributed by atoms with Gasteiger partial charge in [0.25, 0.3) is 0 Å². The molecular weight excluding hydrogens is 320 g/mol. The first kappa shape index (κ1) is 19.2. The van der Waals surface area contributed by atoms with Gasteiger partial charge in [-0.2, -0.15) is 0 Å². The van der Waals surface area contributed by atoms with Crippen molar-refractivity contribution in [3.8, 4) is 0 Å². The van der Waals surface area contributed by atoms with E-state index in [1.54, 1.807) is 0 Å². The number of piperidine rings is 1. The number of likely N-dealkylation sites (tertiary alicyclic amines) is 1. The van der Waals surface area contributed by atoms with E-state index in [1.807, 2.05) is 30.3 Å². The highest BCUT2D eigenvalue weighted by atomic mass is 16.5. The van der Waals surface area contributed by atoms with E-state index >= 15 is 0 Å². The van der Waals surface area contributed by atoms with Gasteiger partial charge in [0, 0.05) is 13.0 Å². The van der Waals surface area contributed by atoms with Crippen molar-refractivity contribution in [1.29, 1.82) is 0 Å².